The maximum Gasteiger partial charge on any atom is 0.119 e. The monoisotopic (exact) mass is 247 g/mol. The smallest absolute Gasteiger partial charge is 0.119 e. The van der Waals surface area contributed by atoms with E-state index in [1.165, 1.54) is 0 Å². The van der Waals surface area contributed by atoms with Gasteiger partial charge in [0.15, 0.2) is 0 Å². The van der Waals surface area contributed by atoms with Crippen molar-refractivity contribution in [1.29, 1.82) is 0 Å². The standard InChI is InChI=1S/C14H17NO3/c1-16-12-4-6-13(7-5-12)18-10-8-15-11-14-3-2-9-17-14/h2-7,9,15H,8,10-11H2,1H3. The number of ether oxygens (including phenoxy) is 2. The molecule has 4 nitrogen and oxygen atoms in total. The SMILES string of the molecule is COc1ccc(OCCNCc2ccco2)cc1. The molecular weight excluding hydrogens is 230 g/mol. The molecule has 2 rings (SSSR count). The highest BCUT2D eigenvalue weighted by molar-refractivity contribution is 5.31. The van der Waals surface area contributed by atoms with Crippen molar-refractivity contribution in [2.45, 2.75) is 6.54 Å². The third kappa shape index (κ3) is 3.82. The molecule has 2 aromatic rings. The molecule has 0 amide bonds. The van der Waals surface area contributed by atoms with Gasteiger partial charge in [0.25, 0.3) is 0 Å². The minimum absolute atomic E-state index is 0.618. The molecule has 4 heteroatoms. The fourth-order valence-electron chi connectivity index (χ4n) is 1.54. The summed E-state index contributed by atoms with van der Waals surface area (Å²) >= 11 is 0. The second-order valence-electron chi connectivity index (χ2n) is 3.78. The first-order valence-corrected chi connectivity index (χ1v) is 5.88. The third-order valence-corrected chi connectivity index (χ3v) is 2.49. The van der Waals surface area contributed by atoms with Crippen molar-refractivity contribution < 1.29 is 13.9 Å². The minimum Gasteiger partial charge on any atom is -0.497 e. The Hall–Kier alpha value is -1.94. The molecule has 1 heterocycles. The number of furan rings is 1. The van der Waals surface area contributed by atoms with Crippen LogP contribution < -0.4 is 14.8 Å². The molecular formula is C14H17NO3. The highest BCUT2D eigenvalue weighted by Crippen LogP contribution is 2.16. The maximum absolute atomic E-state index is 5.58. The van der Waals surface area contributed by atoms with Crippen LogP contribution in [0.4, 0.5) is 0 Å². The Bertz CT molecular complexity index is 437. The Morgan fingerprint density at radius 3 is 2.56 bits per heavy atom. The largest absolute Gasteiger partial charge is 0.497 e. The average molecular weight is 247 g/mol. The van der Waals surface area contributed by atoms with Gasteiger partial charge in [-0.25, -0.2) is 0 Å². The van der Waals surface area contributed by atoms with E-state index in [0.29, 0.717) is 6.61 Å². The van der Waals surface area contributed by atoms with Crippen LogP contribution in [0.15, 0.2) is 47.1 Å². The molecule has 1 aromatic heterocycles. The molecule has 0 aliphatic rings. The summed E-state index contributed by atoms with van der Waals surface area (Å²) in [6, 6.07) is 11.4. The summed E-state index contributed by atoms with van der Waals surface area (Å²) in [6.45, 7) is 2.11. The van der Waals surface area contributed by atoms with Crippen molar-refractivity contribution in [2.24, 2.45) is 0 Å². The minimum atomic E-state index is 0.618. The van der Waals surface area contributed by atoms with Gasteiger partial charge >= 0.3 is 0 Å². The summed E-state index contributed by atoms with van der Waals surface area (Å²) in [4.78, 5) is 0. The lowest BCUT2D eigenvalue weighted by atomic mass is 10.3. The van der Waals surface area contributed by atoms with Crippen molar-refractivity contribution >= 4 is 0 Å². The number of methoxy groups -OCH3 is 1. The molecule has 1 aromatic carbocycles. The Balaban J connectivity index is 1.62. The Labute approximate surface area is 107 Å². The van der Waals surface area contributed by atoms with Crippen LogP contribution in [0.2, 0.25) is 0 Å². The van der Waals surface area contributed by atoms with Gasteiger partial charge in [0.1, 0.15) is 23.9 Å². The molecule has 0 saturated heterocycles. The van der Waals surface area contributed by atoms with Crippen molar-refractivity contribution in [3.63, 3.8) is 0 Å². The van der Waals surface area contributed by atoms with Gasteiger partial charge in [-0.3, -0.25) is 0 Å². The summed E-state index contributed by atoms with van der Waals surface area (Å²) in [5.74, 6) is 2.60. The summed E-state index contributed by atoms with van der Waals surface area (Å²) in [5.41, 5.74) is 0. The van der Waals surface area contributed by atoms with Crippen LogP contribution >= 0.6 is 0 Å². The fourth-order valence-corrected chi connectivity index (χ4v) is 1.54. The van der Waals surface area contributed by atoms with E-state index in [9.17, 15) is 0 Å². The molecule has 0 spiro atoms. The molecule has 18 heavy (non-hydrogen) atoms. The average Bonchev–Trinajstić information content (AvgIpc) is 2.92. The molecule has 1 N–H and O–H groups in total. The van der Waals surface area contributed by atoms with Gasteiger partial charge in [0, 0.05) is 6.54 Å². The highest BCUT2D eigenvalue weighted by atomic mass is 16.5. The lowest BCUT2D eigenvalue weighted by Gasteiger charge is -2.07. The van der Waals surface area contributed by atoms with Crippen molar-refractivity contribution in [2.75, 3.05) is 20.3 Å². The first-order chi connectivity index (χ1) is 8.88. The highest BCUT2D eigenvalue weighted by Gasteiger charge is 1.96. The number of rotatable bonds is 7. The van der Waals surface area contributed by atoms with E-state index in [0.717, 1.165) is 30.3 Å². The fraction of sp³-hybridized carbons (Fsp3) is 0.286. The number of nitrogens with one attached hydrogen (secondary N) is 1. The number of benzene rings is 1. The summed E-state index contributed by atoms with van der Waals surface area (Å²) in [7, 11) is 1.65. The molecule has 0 bridgehead atoms. The molecule has 0 aliphatic heterocycles. The topological polar surface area (TPSA) is 43.6 Å². The van der Waals surface area contributed by atoms with Crippen LogP contribution in [0.25, 0.3) is 0 Å². The Kier molecular flexibility index (Phi) is 4.67. The van der Waals surface area contributed by atoms with Crippen LogP contribution in [0.5, 0.6) is 11.5 Å². The van der Waals surface area contributed by atoms with Crippen LogP contribution in [0.3, 0.4) is 0 Å². The zero-order valence-corrected chi connectivity index (χ0v) is 10.4. The number of hydrogen-bond acceptors (Lipinski definition) is 4. The Morgan fingerprint density at radius 2 is 1.89 bits per heavy atom. The lowest BCUT2D eigenvalue weighted by Crippen LogP contribution is -2.20. The predicted octanol–water partition coefficient (Wildman–Crippen LogP) is 2.46. The zero-order valence-electron chi connectivity index (χ0n) is 10.4. The third-order valence-electron chi connectivity index (χ3n) is 2.49. The maximum atomic E-state index is 5.58. The van der Waals surface area contributed by atoms with Crippen molar-refractivity contribution in [3.8, 4) is 11.5 Å². The van der Waals surface area contributed by atoms with Crippen LogP contribution in [0.1, 0.15) is 5.76 Å². The summed E-state index contributed by atoms with van der Waals surface area (Å²) in [6.07, 6.45) is 1.67. The van der Waals surface area contributed by atoms with Crippen LogP contribution in [-0.2, 0) is 6.54 Å². The lowest BCUT2D eigenvalue weighted by molar-refractivity contribution is 0.310. The van der Waals surface area contributed by atoms with Gasteiger partial charge in [-0.05, 0) is 36.4 Å². The van der Waals surface area contributed by atoms with Gasteiger partial charge in [-0.15, -0.1) is 0 Å². The van der Waals surface area contributed by atoms with E-state index in [1.54, 1.807) is 13.4 Å². The van der Waals surface area contributed by atoms with Gasteiger partial charge in [0.05, 0.1) is 19.9 Å². The van der Waals surface area contributed by atoms with Crippen molar-refractivity contribution in [1.82, 2.24) is 5.32 Å². The molecule has 0 saturated carbocycles. The van der Waals surface area contributed by atoms with E-state index < -0.39 is 0 Å². The second kappa shape index (κ2) is 6.71. The predicted molar refractivity (Wildman–Crippen MR) is 68.9 cm³/mol. The molecule has 0 atom stereocenters. The van der Waals surface area contributed by atoms with E-state index >= 15 is 0 Å². The quantitative estimate of drug-likeness (QED) is 0.763. The molecule has 0 unspecified atom stereocenters. The summed E-state index contributed by atoms with van der Waals surface area (Å²) < 4.78 is 15.9. The van der Waals surface area contributed by atoms with Crippen LogP contribution in [-0.4, -0.2) is 20.3 Å². The normalized spacial score (nSPS) is 10.3. The van der Waals surface area contributed by atoms with Crippen molar-refractivity contribution in [3.05, 3.63) is 48.4 Å². The first-order valence-electron chi connectivity index (χ1n) is 5.88. The van der Waals surface area contributed by atoms with Gasteiger partial charge in [0.2, 0.25) is 0 Å². The van der Waals surface area contributed by atoms with E-state index in [1.807, 2.05) is 36.4 Å². The summed E-state index contributed by atoms with van der Waals surface area (Å²) in [5, 5.41) is 3.24. The van der Waals surface area contributed by atoms with Gasteiger partial charge in [-0.2, -0.15) is 0 Å². The second-order valence-corrected chi connectivity index (χ2v) is 3.78. The molecule has 0 radical (unpaired) electrons. The van der Waals surface area contributed by atoms with Gasteiger partial charge < -0.3 is 19.2 Å². The van der Waals surface area contributed by atoms with E-state index in [4.69, 9.17) is 13.9 Å². The van der Waals surface area contributed by atoms with E-state index in [2.05, 4.69) is 5.32 Å². The first kappa shape index (κ1) is 12.5. The Morgan fingerprint density at radius 1 is 1.11 bits per heavy atom. The number of hydrogen-bond donors (Lipinski definition) is 1. The van der Waals surface area contributed by atoms with Crippen LogP contribution in [0, 0.1) is 0 Å². The molecule has 0 fully saturated rings. The molecule has 96 valence electrons. The molecule has 0 aliphatic carbocycles. The zero-order chi connectivity index (χ0) is 12.6. The van der Waals surface area contributed by atoms with E-state index in [-0.39, 0.29) is 0 Å². The van der Waals surface area contributed by atoms with Gasteiger partial charge in [-0.1, -0.05) is 0 Å².